The van der Waals surface area contributed by atoms with Crippen LogP contribution in [-0.4, -0.2) is 9.97 Å². The summed E-state index contributed by atoms with van der Waals surface area (Å²) in [6, 6.07) is 5.16. The van der Waals surface area contributed by atoms with Crippen molar-refractivity contribution in [2.75, 3.05) is 0 Å². The van der Waals surface area contributed by atoms with E-state index in [-0.39, 0.29) is 18.2 Å². The van der Waals surface area contributed by atoms with Crippen molar-refractivity contribution in [3.05, 3.63) is 53.4 Å². The van der Waals surface area contributed by atoms with Crippen LogP contribution in [0.25, 0.3) is 0 Å². The van der Waals surface area contributed by atoms with Crippen molar-refractivity contribution in [2.24, 2.45) is 0 Å². The van der Waals surface area contributed by atoms with Crippen LogP contribution in [0.3, 0.4) is 0 Å². The molecule has 1 unspecified atom stereocenters. The Balaban J connectivity index is 0.00000108. The fraction of sp³-hybridized carbons (Fsp3) is 0.308. The van der Waals surface area contributed by atoms with Gasteiger partial charge in [-0.1, -0.05) is 6.07 Å². The number of nitrogens with one attached hydrogen (secondary N) is 1. The molecule has 2 aromatic rings. The largest absolute Gasteiger partial charge is 0.348 e. The maximum Gasteiger partial charge on any atom is 0.123 e. The van der Waals surface area contributed by atoms with Gasteiger partial charge in [0, 0.05) is 11.9 Å². The van der Waals surface area contributed by atoms with Gasteiger partial charge in [-0.15, -0.1) is 12.4 Å². The lowest BCUT2D eigenvalue weighted by Gasteiger charge is -2.09. The van der Waals surface area contributed by atoms with E-state index in [0.717, 1.165) is 25.0 Å². The summed E-state index contributed by atoms with van der Waals surface area (Å²) in [6.45, 7) is 0. The number of halogens is 2. The lowest BCUT2D eigenvalue weighted by molar-refractivity contribution is 0.625. The molecule has 1 heterocycles. The van der Waals surface area contributed by atoms with Crippen molar-refractivity contribution >= 4 is 12.4 Å². The second-order valence-corrected chi connectivity index (χ2v) is 4.36. The number of hydrogen-bond donors (Lipinski definition) is 1. The number of hydrogen-bond acceptors (Lipinski definition) is 1. The number of fused-ring (bicyclic) bond motifs is 1. The highest BCUT2D eigenvalue weighted by Crippen LogP contribution is 2.35. The molecule has 1 aliphatic carbocycles. The maximum atomic E-state index is 13.1. The van der Waals surface area contributed by atoms with Gasteiger partial charge in [-0.25, -0.2) is 9.37 Å². The molecule has 0 saturated carbocycles. The van der Waals surface area contributed by atoms with Gasteiger partial charge < -0.3 is 4.98 Å². The van der Waals surface area contributed by atoms with Gasteiger partial charge in [-0.05, 0) is 48.4 Å². The number of imidazole rings is 1. The molecule has 1 atom stereocenters. The second kappa shape index (κ2) is 4.88. The van der Waals surface area contributed by atoms with Crippen LogP contribution in [0.4, 0.5) is 4.39 Å². The van der Waals surface area contributed by atoms with Crippen LogP contribution in [0.1, 0.15) is 29.2 Å². The minimum Gasteiger partial charge on any atom is -0.348 e. The number of aryl methyl sites for hydroxylation is 1. The third-order valence-electron chi connectivity index (χ3n) is 3.33. The first-order valence-electron chi connectivity index (χ1n) is 5.58. The molecule has 0 radical (unpaired) electrons. The Morgan fingerprint density at radius 2 is 2.29 bits per heavy atom. The normalized spacial score (nSPS) is 17.6. The molecule has 1 aromatic heterocycles. The molecular weight excluding hydrogens is 239 g/mol. The lowest BCUT2D eigenvalue weighted by atomic mass is 9.96. The first-order valence-corrected chi connectivity index (χ1v) is 5.58. The minimum atomic E-state index is -0.124. The molecule has 90 valence electrons. The van der Waals surface area contributed by atoms with Crippen molar-refractivity contribution in [2.45, 2.75) is 25.2 Å². The Labute approximate surface area is 106 Å². The highest BCUT2D eigenvalue weighted by Gasteiger charge is 2.23. The van der Waals surface area contributed by atoms with E-state index in [1.807, 2.05) is 12.3 Å². The Morgan fingerprint density at radius 1 is 1.41 bits per heavy atom. The molecule has 0 fully saturated rings. The topological polar surface area (TPSA) is 28.7 Å². The van der Waals surface area contributed by atoms with E-state index in [0.29, 0.717) is 5.92 Å². The summed E-state index contributed by atoms with van der Waals surface area (Å²) in [4.78, 5) is 7.14. The predicted molar refractivity (Wildman–Crippen MR) is 67.0 cm³/mol. The standard InChI is InChI=1S/C13H13FN2.ClH/c14-11-3-4-13-9(5-11)1-2-10(13)6-12-7-15-8-16-12;/h3-5,7-8,10H,1-2,6H2,(H,15,16);1H. The average molecular weight is 253 g/mol. The van der Waals surface area contributed by atoms with E-state index in [1.165, 1.54) is 11.1 Å². The molecule has 1 aliphatic rings. The van der Waals surface area contributed by atoms with E-state index in [4.69, 9.17) is 0 Å². The van der Waals surface area contributed by atoms with Crippen LogP contribution >= 0.6 is 12.4 Å². The molecule has 4 heteroatoms. The van der Waals surface area contributed by atoms with Crippen LogP contribution in [0.15, 0.2) is 30.7 Å². The Bertz CT molecular complexity index is 496. The molecular formula is C13H14ClFN2. The van der Waals surface area contributed by atoms with Gasteiger partial charge in [0.15, 0.2) is 0 Å². The van der Waals surface area contributed by atoms with Crippen molar-refractivity contribution < 1.29 is 4.39 Å². The molecule has 0 saturated heterocycles. The SMILES string of the molecule is Cl.Fc1ccc2c(c1)CCC2Cc1cnc[nH]1. The maximum absolute atomic E-state index is 13.1. The molecule has 0 aliphatic heterocycles. The van der Waals surface area contributed by atoms with Gasteiger partial charge in [-0.2, -0.15) is 0 Å². The van der Waals surface area contributed by atoms with Gasteiger partial charge in [0.05, 0.1) is 6.33 Å². The molecule has 3 rings (SSSR count). The second-order valence-electron chi connectivity index (χ2n) is 4.36. The van der Waals surface area contributed by atoms with Crippen LogP contribution in [0.2, 0.25) is 0 Å². The van der Waals surface area contributed by atoms with Gasteiger partial charge in [-0.3, -0.25) is 0 Å². The lowest BCUT2D eigenvalue weighted by Crippen LogP contribution is -1.99. The summed E-state index contributed by atoms with van der Waals surface area (Å²) < 4.78 is 13.1. The number of aromatic amines is 1. The summed E-state index contributed by atoms with van der Waals surface area (Å²) in [6.07, 6.45) is 6.64. The molecule has 2 nitrogen and oxygen atoms in total. The first-order chi connectivity index (χ1) is 7.83. The van der Waals surface area contributed by atoms with Crippen molar-refractivity contribution in [3.63, 3.8) is 0 Å². The van der Waals surface area contributed by atoms with Gasteiger partial charge in [0.2, 0.25) is 0 Å². The molecule has 0 amide bonds. The molecule has 17 heavy (non-hydrogen) atoms. The Hall–Kier alpha value is -1.35. The number of benzene rings is 1. The third-order valence-corrected chi connectivity index (χ3v) is 3.33. The number of aromatic nitrogens is 2. The van der Waals surface area contributed by atoms with Crippen LogP contribution in [0.5, 0.6) is 0 Å². The van der Waals surface area contributed by atoms with Crippen LogP contribution in [-0.2, 0) is 12.8 Å². The van der Waals surface area contributed by atoms with E-state index in [2.05, 4.69) is 9.97 Å². The van der Waals surface area contributed by atoms with Gasteiger partial charge in [0.25, 0.3) is 0 Å². The minimum absolute atomic E-state index is 0. The quantitative estimate of drug-likeness (QED) is 0.873. The Kier molecular flexibility index (Phi) is 3.48. The number of nitrogens with zero attached hydrogens (tertiary/aromatic N) is 1. The summed E-state index contributed by atoms with van der Waals surface area (Å²) in [7, 11) is 0. The monoisotopic (exact) mass is 252 g/mol. The number of rotatable bonds is 2. The zero-order chi connectivity index (χ0) is 11.0. The summed E-state index contributed by atoms with van der Waals surface area (Å²) >= 11 is 0. The highest BCUT2D eigenvalue weighted by atomic mass is 35.5. The van der Waals surface area contributed by atoms with Crippen molar-refractivity contribution in [3.8, 4) is 0 Å². The zero-order valence-corrected chi connectivity index (χ0v) is 10.1. The molecule has 1 aromatic carbocycles. The van der Waals surface area contributed by atoms with E-state index < -0.39 is 0 Å². The van der Waals surface area contributed by atoms with Gasteiger partial charge in [0.1, 0.15) is 5.82 Å². The van der Waals surface area contributed by atoms with Crippen LogP contribution in [0, 0.1) is 5.82 Å². The number of H-pyrrole nitrogens is 1. The fourth-order valence-corrected chi connectivity index (χ4v) is 2.55. The Morgan fingerprint density at radius 3 is 3.06 bits per heavy atom. The average Bonchev–Trinajstić information content (AvgIpc) is 2.89. The summed E-state index contributed by atoms with van der Waals surface area (Å²) in [5, 5.41) is 0. The smallest absolute Gasteiger partial charge is 0.123 e. The zero-order valence-electron chi connectivity index (χ0n) is 9.32. The summed E-state index contributed by atoms with van der Waals surface area (Å²) in [5.41, 5.74) is 3.63. The van der Waals surface area contributed by atoms with Crippen molar-refractivity contribution in [1.82, 2.24) is 9.97 Å². The van der Waals surface area contributed by atoms with Crippen molar-refractivity contribution in [1.29, 1.82) is 0 Å². The third kappa shape index (κ3) is 2.34. The highest BCUT2D eigenvalue weighted by molar-refractivity contribution is 5.85. The molecule has 0 bridgehead atoms. The van der Waals surface area contributed by atoms with Crippen LogP contribution < -0.4 is 0 Å². The van der Waals surface area contributed by atoms with E-state index in [1.54, 1.807) is 18.5 Å². The predicted octanol–water partition coefficient (Wildman–Crippen LogP) is 3.24. The summed E-state index contributed by atoms with van der Waals surface area (Å²) in [5.74, 6) is 0.386. The fourth-order valence-electron chi connectivity index (χ4n) is 2.55. The van der Waals surface area contributed by atoms with Gasteiger partial charge >= 0.3 is 0 Å². The first kappa shape index (κ1) is 12.1. The van der Waals surface area contributed by atoms with E-state index >= 15 is 0 Å². The van der Waals surface area contributed by atoms with E-state index in [9.17, 15) is 4.39 Å². The molecule has 1 N–H and O–H groups in total. The molecule has 0 spiro atoms.